The van der Waals surface area contributed by atoms with Gasteiger partial charge in [0, 0.05) is 12.5 Å². The molecule has 0 aliphatic rings. The molecule has 17 heavy (non-hydrogen) atoms. The highest BCUT2D eigenvalue weighted by molar-refractivity contribution is 5.94. The van der Waals surface area contributed by atoms with Gasteiger partial charge in [-0.15, -0.1) is 0 Å². The van der Waals surface area contributed by atoms with Gasteiger partial charge in [-0.05, 0) is 19.1 Å². The van der Waals surface area contributed by atoms with Crippen molar-refractivity contribution >= 4 is 11.6 Å². The second-order valence-electron chi connectivity index (χ2n) is 3.77. The first-order valence-electron chi connectivity index (χ1n) is 5.20. The molecule has 0 spiro atoms. The quantitative estimate of drug-likeness (QED) is 0.740. The molecule has 5 nitrogen and oxygen atoms in total. The van der Waals surface area contributed by atoms with E-state index in [1.807, 2.05) is 6.92 Å². The van der Waals surface area contributed by atoms with Gasteiger partial charge in [-0.3, -0.25) is 9.89 Å². The number of nitrogens with zero attached hydrogens (tertiary/aromatic N) is 1. The van der Waals surface area contributed by atoms with Crippen molar-refractivity contribution in [3.8, 4) is 17.0 Å². The number of rotatable bonds is 2. The van der Waals surface area contributed by atoms with Crippen LogP contribution in [0.15, 0.2) is 24.3 Å². The first-order chi connectivity index (χ1) is 8.09. The summed E-state index contributed by atoms with van der Waals surface area (Å²) in [4.78, 5) is 11.1. The predicted octanol–water partition coefficient (Wildman–Crippen LogP) is 2.05. The molecule has 2 aromatic rings. The molecule has 0 radical (unpaired) electrons. The van der Waals surface area contributed by atoms with Crippen LogP contribution in [0.25, 0.3) is 11.3 Å². The Morgan fingerprint density at radius 3 is 2.76 bits per heavy atom. The number of nitrogens with one attached hydrogen (secondary N) is 2. The molecule has 5 heteroatoms. The maximum absolute atomic E-state index is 11.1. The Morgan fingerprint density at radius 2 is 2.12 bits per heavy atom. The number of aromatic amines is 1. The predicted molar refractivity (Wildman–Crippen MR) is 64.7 cm³/mol. The number of aromatic hydroxyl groups is 1. The van der Waals surface area contributed by atoms with E-state index in [9.17, 15) is 9.90 Å². The summed E-state index contributed by atoms with van der Waals surface area (Å²) >= 11 is 0. The number of hydrogen-bond acceptors (Lipinski definition) is 3. The number of carbonyl (C=O) groups excluding carboxylic acids is 1. The molecule has 3 N–H and O–H groups in total. The van der Waals surface area contributed by atoms with Crippen molar-refractivity contribution in [2.45, 2.75) is 13.8 Å². The van der Waals surface area contributed by atoms with E-state index >= 15 is 0 Å². The minimum Gasteiger partial charge on any atom is -0.507 e. The van der Waals surface area contributed by atoms with Crippen LogP contribution in [0.5, 0.6) is 5.75 Å². The lowest BCUT2D eigenvalue weighted by Gasteiger charge is -2.05. The van der Waals surface area contributed by atoms with E-state index in [1.165, 1.54) is 6.92 Å². The normalized spacial score (nSPS) is 10.2. The second kappa shape index (κ2) is 4.29. The standard InChI is InChI=1S/C12H13N3O2/c1-7-11(13-8(2)16)12(15-14-7)9-5-3-4-6-10(9)17/h3-6,17H,1-2H3,(H,13,16)(H,14,15). The topological polar surface area (TPSA) is 78.0 Å². The Labute approximate surface area is 98.5 Å². The zero-order valence-corrected chi connectivity index (χ0v) is 9.61. The van der Waals surface area contributed by atoms with Crippen LogP contribution in [0.3, 0.4) is 0 Å². The summed E-state index contributed by atoms with van der Waals surface area (Å²) in [7, 11) is 0. The van der Waals surface area contributed by atoms with Crippen LogP contribution in [0.1, 0.15) is 12.6 Å². The SMILES string of the molecule is CC(=O)Nc1c(-c2ccccc2O)n[nH]c1C. The number of benzene rings is 1. The Bertz CT molecular complexity index is 561. The van der Waals surface area contributed by atoms with Crippen LogP contribution in [-0.4, -0.2) is 21.2 Å². The van der Waals surface area contributed by atoms with Crippen LogP contribution < -0.4 is 5.32 Å². The van der Waals surface area contributed by atoms with Crippen molar-refractivity contribution in [1.82, 2.24) is 10.2 Å². The number of anilines is 1. The molecule has 1 aromatic carbocycles. The number of H-pyrrole nitrogens is 1. The summed E-state index contributed by atoms with van der Waals surface area (Å²) in [5.74, 6) is -0.0447. The number of aromatic nitrogens is 2. The first kappa shape index (κ1) is 11.2. The summed E-state index contributed by atoms with van der Waals surface area (Å²) in [5, 5.41) is 19.4. The summed E-state index contributed by atoms with van der Waals surface area (Å²) in [6.45, 7) is 3.24. The summed E-state index contributed by atoms with van der Waals surface area (Å²) < 4.78 is 0. The van der Waals surface area contributed by atoms with Crippen LogP contribution >= 0.6 is 0 Å². The van der Waals surface area contributed by atoms with Crippen molar-refractivity contribution in [3.05, 3.63) is 30.0 Å². The van der Waals surface area contributed by atoms with Gasteiger partial charge in [-0.1, -0.05) is 12.1 Å². The molecule has 2 rings (SSSR count). The first-order valence-corrected chi connectivity index (χ1v) is 5.20. The minimum atomic E-state index is -0.175. The number of phenolic OH excluding ortho intramolecular Hbond substituents is 1. The van der Waals surface area contributed by atoms with Gasteiger partial charge in [0.15, 0.2) is 0 Å². The molecule has 0 unspecified atom stereocenters. The smallest absolute Gasteiger partial charge is 0.221 e. The fourth-order valence-electron chi connectivity index (χ4n) is 1.63. The van der Waals surface area contributed by atoms with Crippen molar-refractivity contribution in [1.29, 1.82) is 0 Å². The lowest BCUT2D eigenvalue weighted by molar-refractivity contribution is -0.114. The lowest BCUT2D eigenvalue weighted by atomic mass is 10.1. The molecule has 0 aliphatic heterocycles. The summed E-state index contributed by atoms with van der Waals surface area (Å²) in [6.07, 6.45) is 0. The Balaban J connectivity index is 2.53. The average molecular weight is 231 g/mol. The number of amides is 1. The van der Waals surface area contributed by atoms with Crippen LogP contribution in [0.4, 0.5) is 5.69 Å². The minimum absolute atomic E-state index is 0.130. The molecule has 0 atom stereocenters. The maximum atomic E-state index is 11.1. The van der Waals surface area contributed by atoms with Crippen molar-refractivity contribution in [2.24, 2.45) is 0 Å². The zero-order valence-electron chi connectivity index (χ0n) is 9.61. The third kappa shape index (κ3) is 2.13. The van der Waals surface area contributed by atoms with E-state index in [0.29, 0.717) is 16.9 Å². The summed E-state index contributed by atoms with van der Waals surface area (Å²) in [6, 6.07) is 6.86. The van der Waals surface area contributed by atoms with Crippen molar-refractivity contribution in [3.63, 3.8) is 0 Å². The number of carbonyl (C=O) groups is 1. The Morgan fingerprint density at radius 1 is 1.41 bits per heavy atom. The van der Waals surface area contributed by atoms with Gasteiger partial charge in [0.2, 0.25) is 5.91 Å². The number of aryl methyl sites for hydroxylation is 1. The highest BCUT2D eigenvalue weighted by Crippen LogP contribution is 2.33. The fourth-order valence-corrected chi connectivity index (χ4v) is 1.63. The molecule has 0 aliphatic carbocycles. The van der Waals surface area contributed by atoms with E-state index in [0.717, 1.165) is 5.69 Å². The van der Waals surface area contributed by atoms with Crippen LogP contribution in [-0.2, 0) is 4.79 Å². The van der Waals surface area contributed by atoms with Gasteiger partial charge in [0.25, 0.3) is 0 Å². The number of phenols is 1. The van der Waals surface area contributed by atoms with Crippen molar-refractivity contribution in [2.75, 3.05) is 5.32 Å². The summed E-state index contributed by atoms with van der Waals surface area (Å²) in [5.41, 5.74) is 2.47. The van der Waals surface area contributed by atoms with Gasteiger partial charge < -0.3 is 10.4 Å². The van der Waals surface area contributed by atoms with Gasteiger partial charge in [0.1, 0.15) is 11.4 Å². The fraction of sp³-hybridized carbons (Fsp3) is 0.167. The highest BCUT2D eigenvalue weighted by atomic mass is 16.3. The van der Waals surface area contributed by atoms with Gasteiger partial charge >= 0.3 is 0 Å². The maximum Gasteiger partial charge on any atom is 0.221 e. The third-order valence-electron chi connectivity index (χ3n) is 2.41. The van der Waals surface area contributed by atoms with Crippen LogP contribution in [0, 0.1) is 6.92 Å². The molecule has 1 amide bonds. The average Bonchev–Trinajstić information content (AvgIpc) is 2.61. The number of para-hydroxylation sites is 1. The Kier molecular flexibility index (Phi) is 2.82. The monoisotopic (exact) mass is 231 g/mol. The molecule has 0 saturated carbocycles. The third-order valence-corrected chi connectivity index (χ3v) is 2.41. The van der Waals surface area contributed by atoms with E-state index < -0.39 is 0 Å². The molecule has 1 aromatic heterocycles. The van der Waals surface area contributed by atoms with Gasteiger partial charge in [0.05, 0.1) is 11.4 Å². The van der Waals surface area contributed by atoms with Crippen LogP contribution in [0.2, 0.25) is 0 Å². The molecular formula is C12H13N3O2. The van der Waals surface area contributed by atoms with Gasteiger partial charge in [-0.2, -0.15) is 5.10 Å². The molecule has 0 bridgehead atoms. The zero-order chi connectivity index (χ0) is 12.4. The molecule has 1 heterocycles. The van der Waals surface area contributed by atoms with Gasteiger partial charge in [-0.25, -0.2) is 0 Å². The lowest BCUT2D eigenvalue weighted by Crippen LogP contribution is -2.07. The van der Waals surface area contributed by atoms with E-state index in [2.05, 4.69) is 15.5 Å². The molecular weight excluding hydrogens is 218 g/mol. The molecule has 88 valence electrons. The van der Waals surface area contributed by atoms with E-state index in [-0.39, 0.29) is 11.7 Å². The largest absolute Gasteiger partial charge is 0.507 e. The Hall–Kier alpha value is -2.30. The van der Waals surface area contributed by atoms with Crippen molar-refractivity contribution < 1.29 is 9.90 Å². The van der Waals surface area contributed by atoms with E-state index in [4.69, 9.17) is 0 Å². The highest BCUT2D eigenvalue weighted by Gasteiger charge is 2.15. The molecule has 0 fully saturated rings. The second-order valence-corrected chi connectivity index (χ2v) is 3.77. The number of hydrogen-bond donors (Lipinski definition) is 3. The van der Waals surface area contributed by atoms with E-state index in [1.54, 1.807) is 24.3 Å². The molecule has 0 saturated heterocycles.